The van der Waals surface area contributed by atoms with Gasteiger partial charge in [0.15, 0.2) is 33.9 Å². The summed E-state index contributed by atoms with van der Waals surface area (Å²) >= 11 is 20.8. The van der Waals surface area contributed by atoms with Crippen LogP contribution in [-0.4, -0.2) is 85.2 Å². The fourth-order valence-electron chi connectivity index (χ4n) is 9.90. The van der Waals surface area contributed by atoms with Gasteiger partial charge in [-0.15, -0.1) is 23.5 Å². The van der Waals surface area contributed by atoms with E-state index in [2.05, 4.69) is 10.1 Å². The third-order valence-corrected chi connectivity index (χ3v) is 17.3. The zero-order valence-corrected chi connectivity index (χ0v) is 53.1. The van der Waals surface area contributed by atoms with E-state index in [1.807, 2.05) is 74.9 Å². The van der Waals surface area contributed by atoms with Crippen LogP contribution in [0.1, 0.15) is 110 Å². The molecule has 0 radical (unpaired) electrons. The van der Waals surface area contributed by atoms with Gasteiger partial charge >= 0.3 is 11.9 Å². The maximum Gasteiger partial charge on any atom is 0.339 e. The van der Waals surface area contributed by atoms with E-state index >= 15 is 0 Å². The number of nitrogens with two attached hydrogens (primary N) is 1. The summed E-state index contributed by atoms with van der Waals surface area (Å²) in [5.41, 5.74) is 16.8. The molecule has 0 aliphatic heterocycles. The summed E-state index contributed by atoms with van der Waals surface area (Å²) in [4.78, 5) is 61.8. The Labute approximate surface area is 533 Å². The number of aromatic carboxylic acids is 1. The average Bonchev–Trinajstić information content (AvgIpc) is 1.83. The summed E-state index contributed by atoms with van der Waals surface area (Å²) in [6.45, 7) is 5.47. The number of esters is 1. The highest BCUT2D eigenvalue weighted by Crippen LogP contribution is 2.52. The summed E-state index contributed by atoms with van der Waals surface area (Å²) in [5, 5.41) is 12.9. The Kier molecular flexibility index (Phi) is 27.4. The van der Waals surface area contributed by atoms with Crippen molar-refractivity contribution in [2.45, 2.75) is 83.2 Å². The Morgan fingerprint density at radius 2 is 0.943 bits per heavy atom. The SMILES string of the molecule is C.C.COC(=O)c1cccc(C)c1Cl.COc1cc2c(c(OC)c1OC)-c1ccc(SC)c(=O)cc1[C@@H](N)CC2.COc1cc2c(c(OC)c1OC)-c1ccc(SC)c(=O)cc1[C@@H](NC(=O)c1cccc(C)c1Cl)CC2.Cc1cccc(C(=O)O)c1Cl. The number of thioether (sulfide) groups is 2. The van der Waals surface area contributed by atoms with E-state index in [-0.39, 0.29) is 43.2 Å². The fraction of sp³-hybridized carbons (Fsp3) is 0.299. The number of carboxylic acids is 1. The summed E-state index contributed by atoms with van der Waals surface area (Å²) in [6, 6.07) is 29.6. The highest BCUT2D eigenvalue weighted by atomic mass is 35.5. The number of methoxy groups -OCH3 is 7. The van der Waals surface area contributed by atoms with Crippen LogP contribution in [-0.2, 0) is 17.6 Å². The van der Waals surface area contributed by atoms with Crippen molar-refractivity contribution in [2.75, 3.05) is 62.3 Å². The largest absolute Gasteiger partial charge is 0.493 e. The van der Waals surface area contributed by atoms with Gasteiger partial charge in [-0.3, -0.25) is 14.4 Å². The van der Waals surface area contributed by atoms with Gasteiger partial charge in [-0.25, -0.2) is 9.59 Å². The normalized spacial score (nSPS) is 13.1. The Balaban J connectivity index is 0.000000275. The number of carbonyl (C=O) groups excluding carboxylic acids is 2. The third-order valence-electron chi connectivity index (χ3n) is 14.2. The molecular weight excluding hydrogens is 1210 g/mol. The number of hydrogen-bond donors (Lipinski definition) is 3. The smallest absolute Gasteiger partial charge is 0.339 e. The lowest BCUT2D eigenvalue weighted by atomic mass is 9.95. The molecule has 7 aromatic rings. The van der Waals surface area contributed by atoms with Crippen molar-refractivity contribution in [3.63, 3.8) is 0 Å². The number of amides is 1. The van der Waals surface area contributed by atoms with Gasteiger partial charge in [0.2, 0.25) is 11.5 Å². The second-order valence-electron chi connectivity index (χ2n) is 19.2. The van der Waals surface area contributed by atoms with Crippen molar-refractivity contribution in [1.82, 2.24) is 5.32 Å². The summed E-state index contributed by atoms with van der Waals surface area (Å²) in [5.74, 6) is 1.62. The fourth-order valence-corrected chi connectivity index (χ4v) is 11.4. The van der Waals surface area contributed by atoms with E-state index < -0.39 is 18.0 Å². The van der Waals surface area contributed by atoms with E-state index in [1.165, 1.54) is 36.7 Å². The first-order valence-electron chi connectivity index (χ1n) is 26.4. The van der Waals surface area contributed by atoms with Crippen LogP contribution in [0.4, 0.5) is 0 Å². The van der Waals surface area contributed by atoms with Crippen LogP contribution < -0.4 is 50.3 Å². The first-order chi connectivity index (χ1) is 40.7. The predicted octanol–water partition coefficient (Wildman–Crippen LogP) is 15.3. The van der Waals surface area contributed by atoms with Crippen LogP contribution in [0, 0.1) is 20.8 Å². The monoisotopic (exact) mass is 1280 g/mol. The molecule has 4 N–H and O–H groups in total. The van der Waals surface area contributed by atoms with Crippen LogP contribution in [0.15, 0.2) is 123 Å². The molecule has 0 unspecified atom stereocenters. The summed E-state index contributed by atoms with van der Waals surface area (Å²) in [7, 11) is 10.9. The molecule has 2 atom stereocenters. The molecular formula is C67H75Cl3N2O13S2. The molecule has 20 heteroatoms. The van der Waals surface area contributed by atoms with E-state index in [0.29, 0.717) is 88.9 Å². The minimum atomic E-state index is -0.987. The summed E-state index contributed by atoms with van der Waals surface area (Å²) in [6.07, 6.45) is 6.42. The number of carboxylic acid groups (broad SMARTS) is 1. The van der Waals surface area contributed by atoms with Gasteiger partial charge in [0, 0.05) is 17.2 Å². The molecule has 9 rings (SSSR count). The van der Waals surface area contributed by atoms with Gasteiger partial charge in [0.25, 0.3) is 5.91 Å². The van der Waals surface area contributed by atoms with Crippen LogP contribution in [0.5, 0.6) is 34.5 Å². The molecule has 464 valence electrons. The molecule has 0 spiro atoms. The quantitative estimate of drug-likeness (QED) is 0.0768. The van der Waals surface area contributed by atoms with Gasteiger partial charge in [-0.2, -0.15) is 0 Å². The second kappa shape index (κ2) is 33.1. The van der Waals surface area contributed by atoms with Crippen molar-refractivity contribution in [2.24, 2.45) is 5.73 Å². The van der Waals surface area contributed by atoms with Crippen LogP contribution in [0.25, 0.3) is 22.3 Å². The zero-order valence-electron chi connectivity index (χ0n) is 49.2. The van der Waals surface area contributed by atoms with Gasteiger partial charge < -0.3 is 49.3 Å². The van der Waals surface area contributed by atoms with Crippen LogP contribution in [0.2, 0.25) is 15.1 Å². The number of halogens is 3. The molecule has 1 amide bonds. The van der Waals surface area contributed by atoms with E-state index in [0.717, 1.165) is 68.5 Å². The van der Waals surface area contributed by atoms with Crippen molar-refractivity contribution < 1.29 is 52.6 Å². The molecule has 87 heavy (non-hydrogen) atoms. The lowest BCUT2D eigenvalue weighted by Gasteiger charge is -2.20. The van der Waals surface area contributed by atoms with Crippen molar-refractivity contribution in [1.29, 1.82) is 0 Å². The van der Waals surface area contributed by atoms with Gasteiger partial charge in [-0.05, 0) is 164 Å². The molecule has 2 aliphatic carbocycles. The van der Waals surface area contributed by atoms with Crippen molar-refractivity contribution in [3.8, 4) is 56.8 Å². The average molecular weight is 1290 g/mol. The number of rotatable bonds is 12. The Morgan fingerprint density at radius 3 is 1.36 bits per heavy atom. The Hall–Kier alpha value is -7.38. The molecule has 0 saturated heterocycles. The topological polar surface area (TPSA) is 208 Å². The Bertz CT molecular complexity index is 3770. The van der Waals surface area contributed by atoms with Gasteiger partial charge in [-0.1, -0.05) is 98.2 Å². The molecule has 0 aromatic heterocycles. The van der Waals surface area contributed by atoms with Crippen LogP contribution in [0.3, 0.4) is 0 Å². The third kappa shape index (κ3) is 16.2. The van der Waals surface area contributed by atoms with Crippen molar-refractivity contribution >= 4 is 76.2 Å². The standard InChI is InChI=1S/C28H28ClNO5S.C20H23NO4S.C9H9ClO2.C8H7ClO2.2CH4/c1-15-7-6-8-18(25(15)29)28(32)30-20-11-9-16-13-22(33-2)26(34-3)27(35-4)24(16)17-10-12-23(36-5)21(31)14-19(17)20;1-23-16-9-11-5-7-14(21)13-10-15(22)17(26-4)8-6-12(13)18(11)20(25-3)19(16)24-2;1-6-4-3-5-7(8(6)10)9(11)12-2;1-5-3-2-4-6(7(5)9)8(10)11;;/h6-8,10,12-14,20H,9,11H2,1-5H3,(H,30,32);6,8-10,14H,5,7,21H2,1-4H3;3-5H,1-2H3;2-4H,1H3,(H,10,11);2*1H4/t20-;14-;;;;/m00..../s1. The summed E-state index contributed by atoms with van der Waals surface area (Å²) < 4.78 is 38.4. The van der Waals surface area contributed by atoms with E-state index in [1.54, 1.807) is 98.1 Å². The maximum absolute atomic E-state index is 13.3. The first-order valence-corrected chi connectivity index (χ1v) is 30.0. The van der Waals surface area contributed by atoms with E-state index in [9.17, 15) is 24.0 Å². The number of fused-ring (bicyclic) bond motifs is 6. The Morgan fingerprint density at radius 1 is 0.540 bits per heavy atom. The lowest BCUT2D eigenvalue weighted by Crippen LogP contribution is -2.29. The number of aryl methyl sites for hydroxylation is 5. The van der Waals surface area contributed by atoms with Crippen LogP contribution >= 0.6 is 58.3 Å². The minimum absolute atomic E-state index is 0. The maximum atomic E-state index is 13.3. The number of hydrogen-bond acceptors (Lipinski definition) is 15. The van der Waals surface area contributed by atoms with Gasteiger partial charge in [0.1, 0.15) is 0 Å². The molecule has 2 aliphatic rings. The number of nitrogens with one attached hydrogen (secondary N) is 1. The molecule has 0 heterocycles. The molecule has 0 bridgehead atoms. The predicted molar refractivity (Wildman–Crippen MR) is 353 cm³/mol. The highest BCUT2D eigenvalue weighted by molar-refractivity contribution is 7.98. The first kappa shape index (κ1) is 72.1. The molecule has 7 aromatic carbocycles. The van der Waals surface area contributed by atoms with Gasteiger partial charge in [0.05, 0.1) is 97.4 Å². The molecule has 0 saturated carbocycles. The molecule has 0 fully saturated rings. The minimum Gasteiger partial charge on any atom is -0.493 e. The number of carbonyl (C=O) groups is 3. The molecule has 15 nitrogen and oxygen atoms in total. The van der Waals surface area contributed by atoms with E-state index in [4.69, 9.17) is 74.1 Å². The number of ether oxygens (including phenoxy) is 7. The lowest BCUT2D eigenvalue weighted by molar-refractivity contribution is 0.0599. The zero-order chi connectivity index (χ0) is 62.4. The number of benzene rings is 5. The highest BCUT2D eigenvalue weighted by Gasteiger charge is 2.31. The second-order valence-corrected chi connectivity index (χ2v) is 22.1. The van der Waals surface area contributed by atoms with Crippen molar-refractivity contribution in [3.05, 3.63) is 194 Å².